The van der Waals surface area contributed by atoms with Gasteiger partial charge in [0.05, 0.1) is 15.6 Å². The van der Waals surface area contributed by atoms with Crippen molar-refractivity contribution in [1.82, 2.24) is 9.80 Å². The van der Waals surface area contributed by atoms with Gasteiger partial charge in [0.25, 0.3) is 15.9 Å². The molecule has 1 fully saturated rings. The number of hydrogen-bond acceptors (Lipinski definition) is 6. The van der Waals surface area contributed by atoms with Crippen molar-refractivity contribution in [3.63, 3.8) is 0 Å². The highest BCUT2D eigenvalue weighted by atomic mass is 35.5. The van der Waals surface area contributed by atoms with Gasteiger partial charge in [-0.2, -0.15) is 0 Å². The number of benzene rings is 3. The zero-order chi connectivity index (χ0) is 25.3. The van der Waals surface area contributed by atoms with Gasteiger partial charge in [-0.15, -0.1) is 0 Å². The number of piperazine rings is 1. The zero-order valence-electron chi connectivity index (χ0n) is 19.1. The molecule has 0 aliphatic carbocycles. The Bertz CT molecular complexity index is 1410. The number of anilines is 1. The lowest BCUT2D eigenvalue weighted by Crippen LogP contribution is -2.48. The second-order valence-corrected chi connectivity index (χ2v) is 11.0. The second kappa shape index (κ2) is 10.2. The van der Waals surface area contributed by atoms with Gasteiger partial charge < -0.3 is 14.4 Å². The van der Waals surface area contributed by atoms with Crippen molar-refractivity contribution in [2.75, 3.05) is 37.7 Å². The molecule has 1 N–H and O–H groups in total. The van der Waals surface area contributed by atoms with Gasteiger partial charge in [0.15, 0.2) is 11.5 Å². The lowest BCUT2D eigenvalue weighted by molar-refractivity contribution is 0.0628. The Balaban J connectivity index is 1.22. The maximum absolute atomic E-state index is 13.2. The summed E-state index contributed by atoms with van der Waals surface area (Å²) in [6.45, 7) is 3.46. The molecule has 3 aromatic carbocycles. The number of halogens is 2. The van der Waals surface area contributed by atoms with Crippen LogP contribution in [0.25, 0.3) is 0 Å². The van der Waals surface area contributed by atoms with Gasteiger partial charge in [0.1, 0.15) is 0 Å². The normalized spacial score (nSPS) is 15.7. The summed E-state index contributed by atoms with van der Waals surface area (Å²) in [6.07, 6.45) is 0. The molecular weight excluding hydrogens is 525 g/mol. The van der Waals surface area contributed by atoms with E-state index in [9.17, 15) is 13.2 Å². The van der Waals surface area contributed by atoms with Gasteiger partial charge in [-0.3, -0.25) is 14.4 Å². The molecule has 3 aromatic rings. The van der Waals surface area contributed by atoms with E-state index in [1.54, 1.807) is 23.1 Å². The highest BCUT2D eigenvalue weighted by molar-refractivity contribution is 7.92. The van der Waals surface area contributed by atoms with E-state index >= 15 is 0 Å². The topological polar surface area (TPSA) is 88.2 Å². The van der Waals surface area contributed by atoms with Crippen LogP contribution in [0.4, 0.5) is 5.69 Å². The molecule has 188 valence electrons. The predicted molar refractivity (Wildman–Crippen MR) is 137 cm³/mol. The van der Waals surface area contributed by atoms with Crippen LogP contribution >= 0.6 is 23.2 Å². The van der Waals surface area contributed by atoms with Gasteiger partial charge in [-0.25, -0.2) is 8.42 Å². The van der Waals surface area contributed by atoms with E-state index in [0.717, 1.165) is 23.6 Å². The summed E-state index contributed by atoms with van der Waals surface area (Å²) in [5, 5.41) is 0.563. The lowest BCUT2D eigenvalue weighted by atomic mass is 10.1. The monoisotopic (exact) mass is 547 g/mol. The van der Waals surface area contributed by atoms with Crippen molar-refractivity contribution in [3.8, 4) is 11.5 Å². The quantitative estimate of drug-likeness (QED) is 0.489. The smallest absolute Gasteiger partial charge is 0.261 e. The Kier molecular flexibility index (Phi) is 6.98. The summed E-state index contributed by atoms with van der Waals surface area (Å²) in [6, 6.07) is 16.4. The second-order valence-electron chi connectivity index (χ2n) is 8.51. The molecule has 11 heteroatoms. The van der Waals surface area contributed by atoms with E-state index in [4.69, 9.17) is 32.7 Å². The van der Waals surface area contributed by atoms with Crippen molar-refractivity contribution in [3.05, 3.63) is 81.8 Å². The molecule has 0 radical (unpaired) electrons. The Labute approximate surface area is 219 Å². The number of fused-ring (bicyclic) bond motifs is 1. The number of hydrogen-bond donors (Lipinski definition) is 1. The molecule has 8 nitrogen and oxygen atoms in total. The number of ether oxygens (including phenoxy) is 2. The molecule has 0 saturated carbocycles. The van der Waals surface area contributed by atoms with Crippen LogP contribution in [0.1, 0.15) is 15.9 Å². The number of rotatable bonds is 6. The molecule has 0 bridgehead atoms. The van der Waals surface area contributed by atoms with Gasteiger partial charge in [-0.05, 0) is 54.1 Å². The molecule has 2 aliphatic rings. The summed E-state index contributed by atoms with van der Waals surface area (Å²) in [4.78, 5) is 17.1. The first-order valence-electron chi connectivity index (χ1n) is 11.3. The van der Waals surface area contributed by atoms with Crippen LogP contribution in [0.15, 0.2) is 65.6 Å². The highest BCUT2D eigenvalue weighted by Crippen LogP contribution is 2.33. The van der Waals surface area contributed by atoms with Crippen LogP contribution in [-0.4, -0.2) is 57.1 Å². The Morgan fingerprint density at radius 1 is 0.917 bits per heavy atom. The van der Waals surface area contributed by atoms with Crippen molar-refractivity contribution < 1.29 is 22.7 Å². The number of nitrogens with one attached hydrogen (secondary N) is 1. The van der Waals surface area contributed by atoms with Gasteiger partial charge in [0, 0.05) is 43.3 Å². The van der Waals surface area contributed by atoms with Gasteiger partial charge in [-0.1, -0.05) is 35.3 Å². The average molecular weight is 548 g/mol. The molecule has 36 heavy (non-hydrogen) atoms. The largest absolute Gasteiger partial charge is 0.454 e. The number of carbonyl (C=O) groups is 1. The van der Waals surface area contributed by atoms with Crippen LogP contribution in [0, 0.1) is 0 Å². The number of nitrogens with zero attached hydrogens (tertiary/aromatic N) is 2. The van der Waals surface area contributed by atoms with Crippen molar-refractivity contribution in [2.45, 2.75) is 11.4 Å². The molecule has 0 spiro atoms. The van der Waals surface area contributed by atoms with E-state index in [1.807, 2.05) is 18.2 Å². The molecule has 5 rings (SSSR count). The highest BCUT2D eigenvalue weighted by Gasteiger charge is 2.25. The molecular formula is C25H23Cl2N3O5S. The third-order valence-corrected chi connectivity index (χ3v) is 7.99. The van der Waals surface area contributed by atoms with Crippen LogP contribution in [0.3, 0.4) is 0 Å². The average Bonchev–Trinajstić information content (AvgIpc) is 3.34. The van der Waals surface area contributed by atoms with Crippen molar-refractivity contribution in [2.24, 2.45) is 0 Å². The summed E-state index contributed by atoms with van der Waals surface area (Å²) in [5.74, 6) is 1.29. The molecule has 0 unspecified atom stereocenters. The fourth-order valence-corrected chi connectivity index (χ4v) is 5.67. The summed E-state index contributed by atoms with van der Waals surface area (Å²) >= 11 is 12.1. The molecule has 2 heterocycles. The van der Waals surface area contributed by atoms with Crippen molar-refractivity contribution in [1.29, 1.82) is 0 Å². The minimum Gasteiger partial charge on any atom is -0.454 e. The lowest BCUT2D eigenvalue weighted by Gasteiger charge is -2.34. The van der Waals surface area contributed by atoms with Crippen LogP contribution < -0.4 is 14.2 Å². The molecule has 0 atom stereocenters. The standard InChI is InChI=1S/C25H23Cl2N3O5S/c26-19-5-6-21(27)22(14-19)28-36(32,33)20-3-1-2-18(13-20)25(31)30-10-8-29(9-11-30)15-17-4-7-23-24(12-17)35-16-34-23/h1-7,12-14,28H,8-11,15-16H2. The number of amides is 1. The molecule has 1 amide bonds. The number of carbonyl (C=O) groups excluding carboxylic acids is 1. The van der Waals surface area contributed by atoms with Gasteiger partial charge >= 0.3 is 0 Å². The Morgan fingerprint density at radius 3 is 2.50 bits per heavy atom. The van der Waals surface area contributed by atoms with Crippen LogP contribution in [0.5, 0.6) is 11.5 Å². The SMILES string of the molecule is O=C(c1cccc(S(=O)(=O)Nc2cc(Cl)ccc2Cl)c1)N1CCN(Cc2ccc3c(c2)OCO3)CC1. The van der Waals surface area contributed by atoms with E-state index < -0.39 is 10.0 Å². The molecule has 2 aliphatic heterocycles. The maximum atomic E-state index is 13.2. The molecule has 0 aromatic heterocycles. The van der Waals surface area contributed by atoms with Gasteiger partial charge in [0.2, 0.25) is 6.79 Å². The minimum atomic E-state index is -3.98. The van der Waals surface area contributed by atoms with Crippen LogP contribution in [-0.2, 0) is 16.6 Å². The van der Waals surface area contributed by atoms with E-state index in [-0.39, 0.29) is 28.3 Å². The summed E-state index contributed by atoms with van der Waals surface area (Å²) in [5.41, 5.74) is 1.59. The maximum Gasteiger partial charge on any atom is 0.261 e. The first-order valence-corrected chi connectivity index (χ1v) is 13.5. The summed E-state index contributed by atoms with van der Waals surface area (Å²) < 4.78 is 39.1. The number of sulfonamides is 1. The zero-order valence-corrected chi connectivity index (χ0v) is 21.4. The van der Waals surface area contributed by atoms with Crippen molar-refractivity contribution >= 4 is 44.8 Å². The minimum absolute atomic E-state index is 0.0363. The fraction of sp³-hybridized carbons (Fsp3) is 0.240. The van der Waals surface area contributed by atoms with E-state index in [1.165, 1.54) is 24.3 Å². The third kappa shape index (κ3) is 5.39. The van der Waals surface area contributed by atoms with E-state index in [2.05, 4.69) is 9.62 Å². The van der Waals surface area contributed by atoms with E-state index in [0.29, 0.717) is 36.8 Å². The third-order valence-electron chi connectivity index (χ3n) is 6.07. The van der Waals surface area contributed by atoms with Crippen LogP contribution in [0.2, 0.25) is 10.0 Å². The first-order chi connectivity index (χ1) is 17.3. The predicted octanol–water partition coefficient (Wildman–Crippen LogP) is 4.48. The fourth-order valence-electron chi connectivity index (χ4n) is 4.16. The molecule has 1 saturated heterocycles. The summed E-state index contributed by atoms with van der Waals surface area (Å²) in [7, 11) is -3.98. The Morgan fingerprint density at radius 2 is 1.69 bits per heavy atom. The Hall–Kier alpha value is -2.98. The first kappa shape index (κ1) is 24.7.